The number of hydrogen-bond acceptors (Lipinski definition) is 3. The van der Waals surface area contributed by atoms with Gasteiger partial charge in [-0.15, -0.1) is 10.2 Å². The van der Waals surface area contributed by atoms with E-state index in [1.165, 1.54) is 25.7 Å². The van der Waals surface area contributed by atoms with Crippen LogP contribution in [0.5, 0.6) is 0 Å². The number of nitrogens with zero attached hydrogens (tertiary/aromatic N) is 2. The van der Waals surface area contributed by atoms with Gasteiger partial charge in [-0.05, 0) is 24.7 Å². The Labute approximate surface area is 77.5 Å². The standard InChI is InChI=1S/C10H14N2O/c1-6-11-12-10(13-6)9-7-4-2-3-5-8(7)9/h7-9H,2-5H2,1H3. The minimum Gasteiger partial charge on any atom is -0.425 e. The van der Waals surface area contributed by atoms with E-state index in [4.69, 9.17) is 4.42 Å². The predicted molar refractivity (Wildman–Crippen MR) is 47.2 cm³/mol. The molecule has 2 aliphatic rings. The first-order valence-corrected chi connectivity index (χ1v) is 5.16. The summed E-state index contributed by atoms with van der Waals surface area (Å²) in [5, 5.41) is 8.00. The molecule has 3 rings (SSSR count). The SMILES string of the molecule is Cc1nnc(C2C3CCCCC32)o1. The van der Waals surface area contributed by atoms with E-state index in [0.717, 1.165) is 17.7 Å². The summed E-state index contributed by atoms with van der Waals surface area (Å²) in [6, 6.07) is 0. The zero-order chi connectivity index (χ0) is 8.84. The van der Waals surface area contributed by atoms with Gasteiger partial charge in [0.1, 0.15) is 0 Å². The summed E-state index contributed by atoms with van der Waals surface area (Å²) >= 11 is 0. The van der Waals surface area contributed by atoms with Gasteiger partial charge in [0.05, 0.1) is 0 Å². The van der Waals surface area contributed by atoms with E-state index in [1.54, 1.807) is 0 Å². The summed E-state index contributed by atoms with van der Waals surface area (Å²) < 4.78 is 5.48. The molecule has 2 saturated carbocycles. The maximum Gasteiger partial charge on any atom is 0.220 e. The molecule has 0 amide bonds. The van der Waals surface area contributed by atoms with Crippen LogP contribution in [0.25, 0.3) is 0 Å². The second-order valence-electron chi connectivity index (χ2n) is 4.30. The van der Waals surface area contributed by atoms with Gasteiger partial charge < -0.3 is 4.42 Å². The van der Waals surface area contributed by atoms with Gasteiger partial charge in [-0.25, -0.2) is 0 Å². The van der Waals surface area contributed by atoms with Crippen molar-refractivity contribution in [3.63, 3.8) is 0 Å². The van der Waals surface area contributed by atoms with Crippen LogP contribution in [-0.4, -0.2) is 10.2 Å². The second-order valence-corrected chi connectivity index (χ2v) is 4.30. The van der Waals surface area contributed by atoms with Crippen LogP contribution in [0, 0.1) is 18.8 Å². The molecule has 3 heteroatoms. The van der Waals surface area contributed by atoms with Crippen molar-refractivity contribution in [2.75, 3.05) is 0 Å². The molecule has 1 aromatic heterocycles. The van der Waals surface area contributed by atoms with Crippen LogP contribution in [0.15, 0.2) is 4.42 Å². The first kappa shape index (κ1) is 7.54. The molecule has 2 aliphatic carbocycles. The second kappa shape index (κ2) is 2.56. The smallest absolute Gasteiger partial charge is 0.220 e. The van der Waals surface area contributed by atoms with Gasteiger partial charge in [-0.3, -0.25) is 0 Å². The van der Waals surface area contributed by atoms with Gasteiger partial charge in [-0.1, -0.05) is 12.8 Å². The Morgan fingerprint density at radius 1 is 1.15 bits per heavy atom. The van der Waals surface area contributed by atoms with Crippen LogP contribution >= 0.6 is 0 Å². The van der Waals surface area contributed by atoms with Crippen molar-refractivity contribution in [2.24, 2.45) is 11.8 Å². The highest BCUT2D eigenvalue weighted by molar-refractivity contribution is 5.13. The number of rotatable bonds is 1. The highest BCUT2D eigenvalue weighted by atomic mass is 16.4. The fraction of sp³-hybridized carbons (Fsp3) is 0.800. The van der Waals surface area contributed by atoms with Crippen molar-refractivity contribution in [2.45, 2.75) is 38.5 Å². The van der Waals surface area contributed by atoms with E-state index in [9.17, 15) is 0 Å². The summed E-state index contributed by atoms with van der Waals surface area (Å²) in [6.45, 7) is 1.86. The lowest BCUT2D eigenvalue weighted by molar-refractivity contribution is 0.459. The van der Waals surface area contributed by atoms with Crippen molar-refractivity contribution in [3.8, 4) is 0 Å². The first-order valence-electron chi connectivity index (χ1n) is 5.16. The molecule has 0 aliphatic heterocycles. The van der Waals surface area contributed by atoms with Gasteiger partial charge in [0, 0.05) is 12.8 Å². The summed E-state index contributed by atoms with van der Waals surface area (Å²) in [5.74, 6) is 3.96. The van der Waals surface area contributed by atoms with Gasteiger partial charge in [0.2, 0.25) is 11.8 Å². The number of aryl methyl sites for hydroxylation is 1. The zero-order valence-electron chi connectivity index (χ0n) is 7.86. The predicted octanol–water partition coefficient (Wildman–Crippen LogP) is 2.28. The highest BCUT2D eigenvalue weighted by Crippen LogP contribution is 2.60. The molecule has 0 spiro atoms. The summed E-state index contributed by atoms with van der Waals surface area (Å²) in [7, 11) is 0. The average molecular weight is 178 g/mol. The van der Waals surface area contributed by atoms with Crippen LogP contribution < -0.4 is 0 Å². The summed E-state index contributed by atoms with van der Waals surface area (Å²) in [6.07, 6.45) is 5.53. The van der Waals surface area contributed by atoms with Crippen LogP contribution in [0.3, 0.4) is 0 Å². The molecule has 3 nitrogen and oxygen atoms in total. The van der Waals surface area contributed by atoms with Crippen molar-refractivity contribution >= 4 is 0 Å². The Bertz CT molecular complexity index is 308. The topological polar surface area (TPSA) is 38.9 Å². The van der Waals surface area contributed by atoms with E-state index in [2.05, 4.69) is 10.2 Å². The highest BCUT2D eigenvalue weighted by Gasteiger charge is 2.54. The largest absolute Gasteiger partial charge is 0.425 e. The Hall–Kier alpha value is -0.860. The third-order valence-corrected chi connectivity index (χ3v) is 3.48. The van der Waals surface area contributed by atoms with Crippen molar-refractivity contribution < 1.29 is 4.42 Å². The van der Waals surface area contributed by atoms with E-state index in [1.807, 2.05) is 6.92 Å². The van der Waals surface area contributed by atoms with Crippen LogP contribution in [0.1, 0.15) is 43.4 Å². The molecule has 0 saturated heterocycles. The van der Waals surface area contributed by atoms with Crippen LogP contribution in [0.2, 0.25) is 0 Å². The molecule has 13 heavy (non-hydrogen) atoms. The average Bonchev–Trinajstić information content (AvgIpc) is 2.73. The molecule has 0 aromatic carbocycles. The van der Waals surface area contributed by atoms with Crippen molar-refractivity contribution in [1.29, 1.82) is 0 Å². The third-order valence-electron chi connectivity index (χ3n) is 3.48. The molecule has 0 bridgehead atoms. The quantitative estimate of drug-likeness (QED) is 0.662. The molecule has 2 atom stereocenters. The monoisotopic (exact) mass is 178 g/mol. The number of hydrogen-bond donors (Lipinski definition) is 0. The van der Waals surface area contributed by atoms with Gasteiger partial charge in [0.15, 0.2) is 0 Å². The molecule has 1 heterocycles. The minimum absolute atomic E-state index is 0.615. The molecule has 1 aromatic rings. The lowest BCUT2D eigenvalue weighted by Gasteiger charge is -2.04. The molecular formula is C10H14N2O. The van der Waals surface area contributed by atoms with Crippen molar-refractivity contribution in [3.05, 3.63) is 11.8 Å². The van der Waals surface area contributed by atoms with Crippen molar-refractivity contribution in [1.82, 2.24) is 10.2 Å². The van der Waals surface area contributed by atoms with Gasteiger partial charge >= 0.3 is 0 Å². The lowest BCUT2D eigenvalue weighted by atomic mass is 10.0. The molecular weight excluding hydrogens is 164 g/mol. The molecule has 2 fully saturated rings. The van der Waals surface area contributed by atoms with Gasteiger partial charge in [0.25, 0.3) is 0 Å². The molecule has 0 radical (unpaired) electrons. The molecule has 2 unspecified atom stereocenters. The zero-order valence-corrected chi connectivity index (χ0v) is 7.86. The summed E-state index contributed by atoms with van der Waals surface area (Å²) in [4.78, 5) is 0. The van der Waals surface area contributed by atoms with E-state index in [0.29, 0.717) is 11.8 Å². The van der Waals surface area contributed by atoms with Crippen LogP contribution in [-0.2, 0) is 0 Å². The Morgan fingerprint density at radius 3 is 2.38 bits per heavy atom. The van der Waals surface area contributed by atoms with Crippen LogP contribution in [0.4, 0.5) is 0 Å². The van der Waals surface area contributed by atoms with E-state index < -0.39 is 0 Å². The Kier molecular flexibility index (Phi) is 1.49. The molecule has 0 N–H and O–H groups in total. The number of aromatic nitrogens is 2. The maximum absolute atomic E-state index is 5.48. The minimum atomic E-state index is 0.615. The van der Waals surface area contributed by atoms with E-state index in [-0.39, 0.29) is 0 Å². The first-order chi connectivity index (χ1) is 6.36. The number of fused-ring (bicyclic) bond motifs is 1. The summed E-state index contributed by atoms with van der Waals surface area (Å²) in [5.41, 5.74) is 0. The third kappa shape index (κ3) is 1.10. The van der Waals surface area contributed by atoms with E-state index >= 15 is 0 Å². The Morgan fingerprint density at radius 2 is 1.85 bits per heavy atom. The fourth-order valence-electron chi connectivity index (χ4n) is 2.81. The molecule has 70 valence electrons. The maximum atomic E-state index is 5.48. The Balaban J connectivity index is 1.81. The fourth-order valence-corrected chi connectivity index (χ4v) is 2.81. The lowest BCUT2D eigenvalue weighted by Crippen LogP contribution is -1.91. The van der Waals surface area contributed by atoms with Gasteiger partial charge in [-0.2, -0.15) is 0 Å². The normalized spacial score (nSPS) is 37.2.